The van der Waals surface area contributed by atoms with E-state index in [-0.39, 0.29) is 39.1 Å². The van der Waals surface area contributed by atoms with Gasteiger partial charge in [-0.15, -0.1) is 0 Å². The van der Waals surface area contributed by atoms with Crippen LogP contribution in [0.3, 0.4) is 0 Å². The summed E-state index contributed by atoms with van der Waals surface area (Å²) in [4.78, 5) is 56.0. The van der Waals surface area contributed by atoms with Crippen LogP contribution in [0.1, 0.15) is 56.5 Å². The highest BCUT2D eigenvalue weighted by molar-refractivity contribution is 6.04. The summed E-state index contributed by atoms with van der Waals surface area (Å²) in [7, 11) is 0. The lowest BCUT2D eigenvalue weighted by atomic mass is 9.80. The fourth-order valence-corrected chi connectivity index (χ4v) is 5.09. The average Bonchev–Trinajstić information content (AvgIpc) is 3.29. The molecular formula is C29H35NO7. The largest absolute Gasteiger partial charge is 0.465 e. The Morgan fingerprint density at radius 3 is 1.86 bits per heavy atom. The van der Waals surface area contributed by atoms with Gasteiger partial charge in [0.2, 0.25) is 0 Å². The molecule has 0 N–H and O–H groups in total. The molecule has 2 aromatic carbocycles. The van der Waals surface area contributed by atoms with E-state index in [9.17, 15) is 19.2 Å². The number of hydrogen-bond donors (Lipinski definition) is 0. The molecule has 1 heterocycles. The van der Waals surface area contributed by atoms with Gasteiger partial charge in [0.25, 0.3) is 5.91 Å². The van der Waals surface area contributed by atoms with Gasteiger partial charge in [-0.05, 0) is 58.2 Å². The number of hydrogen-bond acceptors (Lipinski definition) is 7. The number of carbonyl (C=O) groups excluding carboxylic acids is 4. The maximum atomic E-state index is 14.2. The fraction of sp³-hybridized carbons (Fsp3) is 0.448. The summed E-state index contributed by atoms with van der Waals surface area (Å²) in [6, 6.07) is 16.8. The number of ether oxygens (including phenoxy) is 3. The van der Waals surface area contributed by atoms with Gasteiger partial charge < -0.3 is 19.1 Å². The van der Waals surface area contributed by atoms with E-state index in [0.717, 1.165) is 5.56 Å². The molecule has 1 amide bonds. The van der Waals surface area contributed by atoms with Crippen molar-refractivity contribution in [1.82, 2.24) is 4.90 Å². The first kappa shape index (κ1) is 27.9. The van der Waals surface area contributed by atoms with Crippen molar-refractivity contribution >= 4 is 23.8 Å². The van der Waals surface area contributed by atoms with Gasteiger partial charge in [0, 0.05) is 12.0 Å². The van der Waals surface area contributed by atoms with E-state index in [2.05, 4.69) is 0 Å². The van der Waals surface area contributed by atoms with E-state index in [1.807, 2.05) is 30.3 Å². The molecule has 198 valence electrons. The zero-order valence-corrected chi connectivity index (χ0v) is 21.9. The van der Waals surface area contributed by atoms with Crippen molar-refractivity contribution in [1.29, 1.82) is 0 Å². The molecule has 1 aliphatic rings. The molecule has 0 spiro atoms. The highest BCUT2D eigenvalue weighted by atomic mass is 16.6. The summed E-state index contributed by atoms with van der Waals surface area (Å²) in [5.41, 5.74) is -2.17. The van der Waals surface area contributed by atoms with E-state index in [4.69, 9.17) is 14.2 Å². The fourth-order valence-electron chi connectivity index (χ4n) is 5.09. The summed E-state index contributed by atoms with van der Waals surface area (Å²) in [5, 5.41) is 0. The van der Waals surface area contributed by atoms with Crippen molar-refractivity contribution in [2.75, 3.05) is 19.8 Å². The lowest BCUT2D eigenvalue weighted by Gasteiger charge is -2.43. The third kappa shape index (κ3) is 5.38. The van der Waals surface area contributed by atoms with Gasteiger partial charge in [-0.2, -0.15) is 0 Å². The van der Waals surface area contributed by atoms with Crippen molar-refractivity contribution < 1.29 is 33.4 Å². The minimum absolute atomic E-state index is 0.0419. The average molecular weight is 510 g/mol. The van der Waals surface area contributed by atoms with Crippen LogP contribution in [0.2, 0.25) is 0 Å². The molecule has 8 heteroatoms. The first-order valence-electron chi connectivity index (χ1n) is 12.7. The summed E-state index contributed by atoms with van der Waals surface area (Å²) in [5.74, 6) is -2.67. The van der Waals surface area contributed by atoms with Crippen LogP contribution >= 0.6 is 0 Å². The second-order valence-corrected chi connectivity index (χ2v) is 9.15. The molecule has 2 aromatic rings. The highest BCUT2D eigenvalue weighted by Gasteiger charge is 2.64. The molecule has 0 aliphatic carbocycles. The van der Waals surface area contributed by atoms with Crippen LogP contribution in [0, 0.1) is 5.41 Å². The van der Waals surface area contributed by atoms with Crippen molar-refractivity contribution in [2.24, 2.45) is 5.41 Å². The van der Waals surface area contributed by atoms with Gasteiger partial charge >= 0.3 is 17.9 Å². The van der Waals surface area contributed by atoms with Gasteiger partial charge in [0.1, 0.15) is 5.54 Å². The van der Waals surface area contributed by atoms with E-state index >= 15 is 0 Å². The van der Waals surface area contributed by atoms with Crippen LogP contribution in [0.4, 0.5) is 0 Å². The number of esters is 3. The molecule has 1 fully saturated rings. The Morgan fingerprint density at radius 2 is 1.35 bits per heavy atom. The summed E-state index contributed by atoms with van der Waals surface area (Å²) in [6.07, 6.45) is 0.542. The standard InChI is InChI=1S/C29H35NO7/c1-5-35-25(32)28(4,26(33)36-6-2)23-18-19-29(27(34)37-7-3,20-21-14-10-8-11-15-21)30(23)24(31)22-16-12-9-13-17-22/h8-17,23H,5-7,18-20H2,1-4H3/t23-,29?/m0/s1. The molecule has 2 atom stereocenters. The van der Waals surface area contributed by atoms with Crippen LogP contribution < -0.4 is 0 Å². The molecule has 3 rings (SSSR count). The monoisotopic (exact) mass is 509 g/mol. The van der Waals surface area contributed by atoms with Gasteiger partial charge in [0.05, 0.1) is 25.9 Å². The van der Waals surface area contributed by atoms with Crippen molar-refractivity contribution in [2.45, 2.75) is 58.5 Å². The lowest BCUT2D eigenvalue weighted by molar-refractivity contribution is -0.177. The SMILES string of the molecule is CCOC(=O)C(C)(C(=O)OCC)[C@@H]1CCC(Cc2ccccc2)(C(=O)OCC)N1C(=O)c1ccccc1. The number of likely N-dealkylation sites (tertiary alicyclic amines) is 1. The Kier molecular flexibility index (Phi) is 9.08. The van der Waals surface area contributed by atoms with Gasteiger partial charge in [-0.1, -0.05) is 48.5 Å². The second kappa shape index (κ2) is 12.0. The van der Waals surface area contributed by atoms with Crippen LogP contribution in [0.15, 0.2) is 60.7 Å². The first-order valence-corrected chi connectivity index (χ1v) is 12.7. The third-order valence-electron chi connectivity index (χ3n) is 6.90. The Balaban J connectivity index is 2.25. The van der Waals surface area contributed by atoms with Crippen LogP contribution in [-0.4, -0.2) is 60.1 Å². The van der Waals surface area contributed by atoms with E-state index < -0.39 is 40.8 Å². The summed E-state index contributed by atoms with van der Waals surface area (Å²) < 4.78 is 16.2. The molecule has 1 saturated heterocycles. The first-order chi connectivity index (χ1) is 17.8. The highest BCUT2D eigenvalue weighted by Crippen LogP contribution is 2.46. The molecule has 1 aliphatic heterocycles. The third-order valence-corrected chi connectivity index (χ3v) is 6.90. The van der Waals surface area contributed by atoms with E-state index in [0.29, 0.717) is 5.56 Å². The molecule has 0 saturated carbocycles. The summed E-state index contributed by atoms with van der Waals surface area (Å²) in [6.45, 7) is 6.61. The maximum absolute atomic E-state index is 14.2. The van der Waals surface area contributed by atoms with E-state index in [1.165, 1.54) is 11.8 Å². The Morgan fingerprint density at radius 1 is 0.838 bits per heavy atom. The van der Waals surface area contributed by atoms with Crippen LogP contribution in [0.25, 0.3) is 0 Å². The smallest absolute Gasteiger partial charge is 0.332 e. The van der Waals surface area contributed by atoms with E-state index in [1.54, 1.807) is 51.1 Å². The molecule has 0 radical (unpaired) electrons. The predicted molar refractivity (Wildman–Crippen MR) is 137 cm³/mol. The predicted octanol–water partition coefficient (Wildman–Crippen LogP) is 3.97. The molecule has 37 heavy (non-hydrogen) atoms. The number of rotatable bonds is 10. The quantitative estimate of drug-likeness (QED) is 0.271. The molecule has 8 nitrogen and oxygen atoms in total. The van der Waals surface area contributed by atoms with Crippen LogP contribution in [-0.2, 0) is 35.0 Å². The Bertz CT molecular complexity index is 1080. The topological polar surface area (TPSA) is 99.2 Å². The Labute approximate surface area is 217 Å². The van der Waals surface area contributed by atoms with Gasteiger partial charge in [0.15, 0.2) is 5.41 Å². The van der Waals surface area contributed by atoms with Crippen molar-refractivity contribution in [3.63, 3.8) is 0 Å². The van der Waals surface area contributed by atoms with Crippen LogP contribution in [0.5, 0.6) is 0 Å². The lowest BCUT2D eigenvalue weighted by Crippen LogP contribution is -2.63. The number of nitrogens with zero attached hydrogens (tertiary/aromatic N) is 1. The molecule has 0 aromatic heterocycles. The minimum Gasteiger partial charge on any atom is -0.465 e. The van der Waals surface area contributed by atoms with Gasteiger partial charge in [-0.25, -0.2) is 4.79 Å². The summed E-state index contributed by atoms with van der Waals surface area (Å²) >= 11 is 0. The number of benzene rings is 2. The second-order valence-electron chi connectivity index (χ2n) is 9.15. The molecule has 0 bridgehead atoms. The number of carbonyl (C=O) groups is 4. The number of amides is 1. The zero-order chi connectivity index (χ0) is 27.1. The Hall–Kier alpha value is -3.68. The molecular weight excluding hydrogens is 474 g/mol. The minimum atomic E-state index is -1.86. The maximum Gasteiger partial charge on any atom is 0.332 e. The van der Waals surface area contributed by atoms with Gasteiger partial charge in [-0.3, -0.25) is 14.4 Å². The van der Waals surface area contributed by atoms with Crippen molar-refractivity contribution in [3.8, 4) is 0 Å². The van der Waals surface area contributed by atoms with Crippen molar-refractivity contribution in [3.05, 3.63) is 71.8 Å². The zero-order valence-electron chi connectivity index (χ0n) is 21.9. The molecule has 1 unspecified atom stereocenters. The normalized spacial score (nSPS) is 19.2.